The van der Waals surface area contributed by atoms with Gasteiger partial charge in [-0.1, -0.05) is 27.5 Å². The van der Waals surface area contributed by atoms with Crippen LogP contribution in [0, 0.1) is 5.82 Å². The quantitative estimate of drug-likeness (QED) is 0.672. The molecule has 0 radical (unpaired) electrons. The molecule has 0 aliphatic carbocycles. The molecule has 21 heavy (non-hydrogen) atoms. The lowest BCUT2D eigenvalue weighted by Gasteiger charge is -2.11. The van der Waals surface area contributed by atoms with Gasteiger partial charge in [0.05, 0.1) is 16.2 Å². The van der Waals surface area contributed by atoms with E-state index in [0.29, 0.717) is 17.1 Å². The Hall–Kier alpha value is -1.65. The van der Waals surface area contributed by atoms with Gasteiger partial charge in [-0.2, -0.15) is 0 Å². The van der Waals surface area contributed by atoms with E-state index in [0.717, 1.165) is 21.1 Å². The smallest absolute Gasteiger partial charge is 0.128 e. The molecular weight excluding hydrogens is 355 g/mol. The van der Waals surface area contributed by atoms with Gasteiger partial charge >= 0.3 is 0 Å². The van der Waals surface area contributed by atoms with E-state index in [2.05, 4.69) is 26.2 Å². The summed E-state index contributed by atoms with van der Waals surface area (Å²) >= 11 is 9.51. The average Bonchev–Trinajstić information content (AvgIpc) is 2.50. The Morgan fingerprint density at radius 3 is 2.90 bits per heavy atom. The molecule has 1 heterocycles. The maximum Gasteiger partial charge on any atom is 0.128 e. The van der Waals surface area contributed by atoms with Gasteiger partial charge in [0, 0.05) is 28.2 Å². The molecule has 0 saturated carbocycles. The van der Waals surface area contributed by atoms with Crippen molar-refractivity contribution >= 4 is 44.1 Å². The molecular formula is C16H11BrClFN2. The van der Waals surface area contributed by atoms with Crippen LogP contribution in [-0.4, -0.2) is 4.98 Å². The summed E-state index contributed by atoms with van der Waals surface area (Å²) in [6.45, 7) is 0.374. The summed E-state index contributed by atoms with van der Waals surface area (Å²) in [7, 11) is 0. The molecule has 0 aliphatic heterocycles. The zero-order valence-corrected chi connectivity index (χ0v) is 13.2. The van der Waals surface area contributed by atoms with Crippen molar-refractivity contribution < 1.29 is 4.39 Å². The Labute approximate surface area is 135 Å². The summed E-state index contributed by atoms with van der Waals surface area (Å²) in [5.74, 6) is -0.239. The number of nitrogens with one attached hydrogen (secondary N) is 1. The molecule has 0 unspecified atom stereocenters. The molecule has 3 rings (SSSR count). The van der Waals surface area contributed by atoms with Crippen LogP contribution in [0.1, 0.15) is 5.56 Å². The SMILES string of the molecule is Fc1ccc(Br)cc1CNc1ccc(Cl)c2cccnc12. The third-order valence-electron chi connectivity index (χ3n) is 3.19. The maximum atomic E-state index is 13.8. The molecule has 2 nitrogen and oxygen atoms in total. The first kappa shape index (κ1) is 14.3. The number of pyridine rings is 1. The van der Waals surface area contributed by atoms with E-state index in [1.807, 2.05) is 24.3 Å². The predicted molar refractivity (Wildman–Crippen MR) is 88.2 cm³/mol. The average molecular weight is 366 g/mol. The number of benzene rings is 2. The molecule has 2 aromatic carbocycles. The fourth-order valence-corrected chi connectivity index (χ4v) is 2.77. The Morgan fingerprint density at radius 1 is 1.19 bits per heavy atom. The van der Waals surface area contributed by atoms with Gasteiger partial charge in [0.2, 0.25) is 0 Å². The van der Waals surface area contributed by atoms with Crippen molar-refractivity contribution in [1.82, 2.24) is 4.98 Å². The number of fused-ring (bicyclic) bond motifs is 1. The third-order valence-corrected chi connectivity index (χ3v) is 4.02. The normalized spacial score (nSPS) is 10.8. The zero-order chi connectivity index (χ0) is 14.8. The van der Waals surface area contributed by atoms with Gasteiger partial charge in [-0.3, -0.25) is 4.98 Å². The highest BCUT2D eigenvalue weighted by atomic mass is 79.9. The number of aromatic nitrogens is 1. The Morgan fingerprint density at radius 2 is 2.05 bits per heavy atom. The first-order valence-corrected chi connectivity index (χ1v) is 7.53. The fourth-order valence-electron chi connectivity index (χ4n) is 2.15. The standard InChI is InChI=1S/C16H11BrClFN2/c17-11-3-5-14(19)10(8-11)9-21-15-6-4-13(18)12-2-1-7-20-16(12)15/h1-8,21H,9H2. The molecule has 1 aromatic heterocycles. The van der Waals surface area contributed by atoms with Gasteiger partial charge in [0.1, 0.15) is 5.82 Å². The molecule has 0 spiro atoms. The molecule has 0 fully saturated rings. The number of rotatable bonds is 3. The van der Waals surface area contributed by atoms with Gasteiger partial charge in [-0.25, -0.2) is 4.39 Å². The molecule has 1 N–H and O–H groups in total. The van der Waals surface area contributed by atoms with Crippen LogP contribution in [0.5, 0.6) is 0 Å². The van der Waals surface area contributed by atoms with Crippen molar-refractivity contribution in [3.8, 4) is 0 Å². The van der Waals surface area contributed by atoms with Crippen molar-refractivity contribution in [2.45, 2.75) is 6.54 Å². The van der Waals surface area contributed by atoms with E-state index in [1.54, 1.807) is 18.3 Å². The van der Waals surface area contributed by atoms with E-state index < -0.39 is 0 Å². The van der Waals surface area contributed by atoms with E-state index in [-0.39, 0.29) is 5.82 Å². The van der Waals surface area contributed by atoms with Crippen LogP contribution in [0.4, 0.5) is 10.1 Å². The van der Waals surface area contributed by atoms with Crippen LogP contribution in [0.3, 0.4) is 0 Å². The van der Waals surface area contributed by atoms with E-state index >= 15 is 0 Å². The number of anilines is 1. The highest BCUT2D eigenvalue weighted by molar-refractivity contribution is 9.10. The van der Waals surface area contributed by atoms with Gasteiger partial charge in [0.25, 0.3) is 0 Å². The number of nitrogens with zero attached hydrogens (tertiary/aromatic N) is 1. The van der Waals surface area contributed by atoms with Gasteiger partial charge in [-0.15, -0.1) is 0 Å². The summed E-state index contributed by atoms with van der Waals surface area (Å²) in [5.41, 5.74) is 2.19. The molecule has 3 aromatic rings. The topological polar surface area (TPSA) is 24.9 Å². The number of hydrogen-bond donors (Lipinski definition) is 1. The second kappa shape index (κ2) is 6.00. The molecule has 5 heteroatoms. The Balaban J connectivity index is 1.92. The zero-order valence-electron chi connectivity index (χ0n) is 10.9. The van der Waals surface area contributed by atoms with Crippen LogP contribution in [0.15, 0.2) is 53.1 Å². The van der Waals surface area contributed by atoms with Crippen molar-refractivity contribution in [2.24, 2.45) is 0 Å². The number of halogens is 3. The Bertz CT molecular complexity index is 807. The maximum absolute atomic E-state index is 13.8. The minimum atomic E-state index is -0.239. The lowest BCUT2D eigenvalue weighted by Crippen LogP contribution is -2.03. The van der Waals surface area contributed by atoms with Crippen molar-refractivity contribution in [3.05, 3.63) is 69.5 Å². The van der Waals surface area contributed by atoms with Gasteiger partial charge < -0.3 is 5.32 Å². The highest BCUT2D eigenvalue weighted by Crippen LogP contribution is 2.28. The van der Waals surface area contributed by atoms with E-state index in [1.165, 1.54) is 6.07 Å². The van der Waals surface area contributed by atoms with Crippen LogP contribution in [-0.2, 0) is 6.54 Å². The summed E-state index contributed by atoms with van der Waals surface area (Å²) in [4.78, 5) is 4.34. The van der Waals surface area contributed by atoms with Crippen LogP contribution in [0.2, 0.25) is 5.02 Å². The minimum absolute atomic E-state index is 0.239. The highest BCUT2D eigenvalue weighted by Gasteiger charge is 2.07. The summed E-state index contributed by atoms with van der Waals surface area (Å²) < 4.78 is 14.6. The van der Waals surface area contributed by atoms with E-state index in [4.69, 9.17) is 11.6 Å². The summed E-state index contributed by atoms with van der Waals surface area (Å²) in [6.07, 6.45) is 1.71. The monoisotopic (exact) mass is 364 g/mol. The largest absolute Gasteiger partial charge is 0.379 e. The molecule has 0 atom stereocenters. The minimum Gasteiger partial charge on any atom is -0.379 e. The van der Waals surface area contributed by atoms with Crippen molar-refractivity contribution in [1.29, 1.82) is 0 Å². The second-order valence-corrected chi connectivity index (χ2v) is 5.91. The first-order chi connectivity index (χ1) is 10.1. The van der Waals surface area contributed by atoms with Crippen LogP contribution < -0.4 is 5.32 Å². The lowest BCUT2D eigenvalue weighted by molar-refractivity contribution is 0.612. The van der Waals surface area contributed by atoms with Crippen molar-refractivity contribution in [3.63, 3.8) is 0 Å². The molecule has 106 valence electrons. The Kier molecular flexibility index (Phi) is 4.08. The molecule has 0 amide bonds. The molecule has 0 saturated heterocycles. The van der Waals surface area contributed by atoms with Gasteiger partial charge in [0.15, 0.2) is 0 Å². The van der Waals surface area contributed by atoms with Crippen LogP contribution >= 0.6 is 27.5 Å². The molecule has 0 bridgehead atoms. The van der Waals surface area contributed by atoms with E-state index in [9.17, 15) is 4.39 Å². The van der Waals surface area contributed by atoms with Gasteiger partial charge in [-0.05, 0) is 42.5 Å². The molecule has 0 aliphatic rings. The van der Waals surface area contributed by atoms with Crippen molar-refractivity contribution in [2.75, 3.05) is 5.32 Å². The summed E-state index contributed by atoms with van der Waals surface area (Å²) in [6, 6.07) is 12.3. The fraction of sp³-hybridized carbons (Fsp3) is 0.0625. The first-order valence-electron chi connectivity index (χ1n) is 6.36. The number of hydrogen-bond acceptors (Lipinski definition) is 2. The predicted octanol–water partition coefficient (Wildman–Crippen LogP) is 5.40. The third kappa shape index (κ3) is 3.01. The summed E-state index contributed by atoms with van der Waals surface area (Å²) in [5, 5.41) is 4.74. The van der Waals surface area contributed by atoms with Crippen LogP contribution in [0.25, 0.3) is 10.9 Å². The second-order valence-electron chi connectivity index (χ2n) is 4.58. The lowest BCUT2D eigenvalue weighted by atomic mass is 10.1.